The highest BCUT2D eigenvalue weighted by Crippen LogP contribution is 2.25. The maximum atomic E-state index is 12.6. The van der Waals surface area contributed by atoms with Crippen molar-refractivity contribution in [1.29, 1.82) is 0 Å². The van der Waals surface area contributed by atoms with Crippen LogP contribution in [0.1, 0.15) is 23.0 Å². The third kappa shape index (κ3) is 3.87. The molecule has 0 spiro atoms. The molecule has 0 aliphatic heterocycles. The Balaban J connectivity index is 1.47. The van der Waals surface area contributed by atoms with Crippen molar-refractivity contribution in [3.63, 3.8) is 0 Å². The van der Waals surface area contributed by atoms with Crippen LogP contribution in [0.2, 0.25) is 0 Å². The number of nitrogens with zero attached hydrogens (tertiary/aromatic N) is 3. The normalized spacial score (nSPS) is 11.4. The molecule has 0 unspecified atom stereocenters. The second-order valence-corrected chi connectivity index (χ2v) is 6.46. The maximum absolute atomic E-state index is 12.6. The van der Waals surface area contributed by atoms with Crippen LogP contribution in [-0.4, -0.2) is 31.5 Å². The smallest absolute Gasteiger partial charge is 0.293 e. The fourth-order valence-electron chi connectivity index (χ4n) is 2.94. The lowest BCUT2D eigenvalue weighted by Gasteiger charge is -2.06. The average Bonchev–Trinajstić information content (AvgIpc) is 3.41. The molecule has 10 heteroatoms. The number of anilines is 2. The molecular weight excluding hydrogens is 386 g/mol. The Morgan fingerprint density at radius 2 is 2.00 bits per heavy atom. The third-order valence-electron chi connectivity index (χ3n) is 4.46. The summed E-state index contributed by atoms with van der Waals surface area (Å²) in [6, 6.07) is 13.4. The summed E-state index contributed by atoms with van der Waals surface area (Å²) in [6.07, 6.45) is 3.31. The molecule has 2 aromatic heterocycles. The summed E-state index contributed by atoms with van der Waals surface area (Å²) in [5, 5.41) is 18.8. The van der Waals surface area contributed by atoms with Gasteiger partial charge in [0, 0.05) is 29.5 Å². The van der Waals surface area contributed by atoms with Crippen molar-refractivity contribution in [2.24, 2.45) is 5.10 Å². The number of nitro benzene ring substituents is 1. The van der Waals surface area contributed by atoms with Crippen molar-refractivity contribution in [3.8, 4) is 0 Å². The van der Waals surface area contributed by atoms with E-state index in [1.165, 1.54) is 6.07 Å². The first-order valence-electron chi connectivity index (χ1n) is 8.99. The summed E-state index contributed by atoms with van der Waals surface area (Å²) in [5.41, 5.74) is 5.50. The van der Waals surface area contributed by atoms with E-state index in [1.807, 2.05) is 19.1 Å². The van der Waals surface area contributed by atoms with Gasteiger partial charge < -0.3 is 15.3 Å². The van der Waals surface area contributed by atoms with Gasteiger partial charge in [0.05, 0.1) is 10.6 Å². The van der Waals surface area contributed by atoms with Crippen molar-refractivity contribution in [1.82, 2.24) is 15.0 Å². The first-order valence-corrected chi connectivity index (χ1v) is 8.99. The lowest BCUT2D eigenvalue weighted by atomic mass is 10.1. The van der Waals surface area contributed by atoms with Gasteiger partial charge >= 0.3 is 0 Å². The Morgan fingerprint density at radius 1 is 1.20 bits per heavy atom. The van der Waals surface area contributed by atoms with Crippen molar-refractivity contribution < 1.29 is 9.72 Å². The summed E-state index contributed by atoms with van der Waals surface area (Å²) in [6.45, 7) is 1.85. The van der Waals surface area contributed by atoms with Crippen molar-refractivity contribution in [2.75, 3.05) is 10.7 Å². The number of aromatic nitrogens is 3. The molecule has 30 heavy (non-hydrogen) atoms. The Bertz CT molecular complexity index is 1240. The number of hydrogen-bond acceptors (Lipinski definition) is 6. The fraction of sp³-hybridized carbons (Fsp3) is 0.0500. The van der Waals surface area contributed by atoms with E-state index in [0.717, 1.165) is 11.3 Å². The van der Waals surface area contributed by atoms with Crippen molar-refractivity contribution >= 4 is 39.8 Å². The first kappa shape index (κ1) is 18.9. The Hall–Kier alpha value is -4.47. The van der Waals surface area contributed by atoms with Gasteiger partial charge in [0.25, 0.3) is 11.6 Å². The number of fused-ring (bicyclic) bond motifs is 1. The average molecular weight is 403 g/mol. The lowest BCUT2D eigenvalue weighted by molar-refractivity contribution is -0.383. The number of non-ortho nitro benzene ring substituents is 1. The number of carbonyl (C=O) groups is 1. The number of hydrogen-bond donors (Lipinski definition) is 4. The number of benzene rings is 2. The largest absolute Gasteiger partial charge is 0.345 e. The number of H-pyrrole nitrogens is 2. The molecule has 150 valence electrons. The van der Waals surface area contributed by atoms with E-state index in [0.29, 0.717) is 22.5 Å². The summed E-state index contributed by atoms with van der Waals surface area (Å²) in [4.78, 5) is 33.0. The number of aromatic amines is 2. The van der Waals surface area contributed by atoms with Crippen LogP contribution in [0.15, 0.2) is 66.0 Å². The topological polar surface area (TPSA) is 141 Å². The minimum Gasteiger partial charge on any atom is -0.345 e. The van der Waals surface area contributed by atoms with Crippen LogP contribution in [0, 0.1) is 10.1 Å². The Labute approximate surface area is 170 Å². The zero-order chi connectivity index (χ0) is 21.1. The molecule has 0 atom stereocenters. The first-order chi connectivity index (χ1) is 14.5. The van der Waals surface area contributed by atoms with Gasteiger partial charge in [-0.3, -0.25) is 14.9 Å². The highest BCUT2D eigenvalue weighted by molar-refractivity contribution is 6.07. The molecule has 1 amide bonds. The molecule has 0 aliphatic carbocycles. The summed E-state index contributed by atoms with van der Waals surface area (Å²) in [5.74, 6) is 0.148. The SMILES string of the molecule is C/C(=N\Nc1ncc[nH]1)c1ccc(NC(=O)c2cc3cccc([N+](=O)[O-])c3[nH]2)cc1. The van der Waals surface area contributed by atoms with Crippen LogP contribution in [-0.2, 0) is 0 Å². The van der Waals surface area contributed by atoms with Gasteiger partial charge in [-0.15, -0.1) is 0 Å². The predicted molar refractivity (Wildman–Crippen MR) is 114 cm³/mol. The number of nitrogens with one attached hydrogen (secondary N) is 4. The molecule has 0 fully saturated rings. The maximum Gasteiger partial charge on any atom is 0.293 e. The van der Waals surface area contributed by atoms with E-state index < -0.39 is 10.8 Å². The van der Waals surface area contributed by atoms with Gasteiger partial charge in [0.2, 0.25) is 5.95 Å². The van der Waals surface area contributed by atoms with Crippen molar-refractivity contribution in [3.05, 3.63) is 82.3 Å². The van der Waals surface area contributed by atoms with E-state index >= 15 is 0 Å². The summed E-state index contributed by atoms with van der Waals surface area (Å²) >= 11 is 0. The van der Waals surface area contributed by atoms with Crippen molar-refractivity contribution in [2.45, 2.75) is 6.92 Å². The molecule has 0 radical (unpaired) electrons. The van der Waals surface area contributed by atoms with Gasteiger partial charge in [-0.05, 0) is 30.7 Å². The monoisotopic (exact) mass is 403 g/mol. The fourth-order valence-corrected chi connectivity index (χ4v) is 2.94. The molecular formula is C20H17N7O3. The number of imidazole rings is 1. The second-order valence-electron chi connectivity index (χ2n) is 6.46. The van der Waals surface area contributed by atoms with E-state index in [9.17, 15) is 14.9 Å². The van der Waals surface area contributed by atoms with Crippen LogP contribution in [0.5, 0.6) is 0 Å². The number of para-hydroxylation sites is 1. The molecule has 0 saturated heterocycles. The molecule has 2 heterocycles. The molecule has 0 saturated carbocycles. The van der Waals surface area contributed by atoms with Gasteiger partial charge in [-0.1, -0.05) is 24.3 Å². The summed E-state index contributed by atoms with van der Waals surface area (Å²) < 4.78 is 0. The van der Waals surface area contributed by atoms with Gasteiger partial charge in [0.1, 0.15) is 11.2 Å². The van der Waals surface area contributed by atoms with E-state index in [1.54, 1.807) is 42.7 Å². The number of carbonyl (C=O) groups excluding carboxylic acids is 1. The molecule has 10 nitrogen and oxygen atoms in total. The molecule has 0 bridgehead atoms. The Morgan fingerprint density at radius 3 is 2.70 bits per heavy atom. The standard InChI is InChI=1S/C20H17N7O3/c1-12(25-26-20-21-9-10-22-20)13-5-7-15(8-6-13)23-19(28)16-11-14-3-2-4-17(27(29)30)18(14)24-16/h2-11,24H,1H3,(H,23,28)(H2,21,22,26)/b25-12+. The molecule has 2 aromatic carbocycles. The zero-order valence-electron chi connectivity index (χ0n) is 15.8. The minimum atomic E-state index is -0.482. The number of nitro groups is 1. The zero-order valence-corrected chi connectivity index (χ0v) is 15.8. The van der Waals surface area contributed by atoms with Crippen LogP contribution in [0.25, 0.3) is 10.9 Å². The second kappa shape index (κ2) is 7.87. The molecule has 0 aliphatic rings. The number of rotatable bonds is 6. The van der Waals surface area contributed by atoms with Crippen LogP contribution >= 0.6 is 0 Å². The Kier molecular flexibility index (Phi) is 4.95. The molecule has 4 rings (SSSR count). The number of amides is 1. The lowest BCUT2D eigenvalue weighted by Crippen LogP contribution is -2.12. The quantitative estimate of drug-likeness (QED) is 0.220. The molecule has 4 aromatic rings. The van der Waals surface area contributed by atoms with E-state index in [-0.39, 0.29) is 11.4 Å². The third-order valence-corrected chi connectivity index (χ3v) is 4.46. The van der Waals surface area contributed by atoms with E-state index in [2.05, 4.69) is 30.8 Å². The van der Waals surface area contributed by atoms with Gasteiger partial charge in [-0.2, -0.15) is 5.10 Å². The summed E-state index contributed by atoms with van der Waals surface area (Å²) in [7, 11) is 0. The van der Waals surface area contributed by atoms with Crippen LogP contribution in [0.3, 0.4) is 0 Å². The van der Waals surface area contributed by atoms with Gasteiger partial charge in [-0.25, -0.2) is 10.4 Å². The highest BCUT2D eigenvalue weighted by Gasteiger charge is 2.17. The van der Waals surface area contributed by atoms with Crippen LogP contribution in [0.4, 0.5) is 17.3 Å². The minimum absolute atomic E-state index is 0.0752. The molecule has 4 N–H and O–H groups in total. The van der Waals surface area contributed by atoms with Crippen LogP contribution < -0.4 is 10.7 Å². The highest BCUT2D eigenvalue weighted by atomic mass is 16.6. The predicted octanol–water partition coefficient (Wildman–Crippen LogP) is 3.89. The van der Waals surface area contributed by atoms with Gasteiger partial charge in [0.15, 0.2) is 0 Å². The van der Waals surface area contributed by atoms with E-state index in [4.69, 9.17) is 0 Å². The number of hydrazone groups is 1.